The summed E-state index contributed by atoms with van der Waals surface area (Å²) in [6.07, 6.45) is 10.5. The first-order chi connectivity index (χ1) is 9.89. The first-order valence-electron chi connectivity index (χ1n) is 7.33. The summed E-state index contributed by atoms with van der Waals surface area (Å²) in [4.78, 5) is 10.5. The van der Waals surface area contributed by atoms with Gasteiger partial charge in [-0.25, -0.2) is 4.79 Å². The first-order valence-corrected chi connectivity index (χ1v) is 7.33. The van der Waals surface area contributed by atoms with Crippen LogP contribution in [0.15, 0.2) is 30.0 Å². The average Bonchev–Trinajstić information content (AvgIpc) is 2.88. The Kier molecular flexibility index (Phi) is 6.85. The molecule has 0 bridgehead atoms. The van der Waals surface area contributed by atoms with E-state index in [0.717, 1.165) is 25.3 Å². The number of carboxylic acids is 1. The highest BCUT2D eigenvalue weighted by atomic mass is 16.6. The van der Waals surface area contributed by atoms with Crippen molar-refractivity contribution < 1.29 is 25.2 Å². The Hall–Kier alpha value is -1.39. The number of aliphatic hydroxyl groups is 3. The number of allylic oxidation sites excluding steroid dienone is 2. The summed E-state index contributed by atoms with van der Waals surface area (Å²) in [5.41, 5.74) is 2.64. The van der Waals surface area contributed by atoms with Gasteiger partial charge in [0.25, 0.3) is 5.79 Å². The molecule has 0 spiro atoms. The third-order valence-electron chi connectivity index (χ3n) is 3.86. The van der Waals surface area contributed by atoms with Gasteiger partial charge in [0.2, 0.25) is 0 Å². The van der Waals surface area contributed by atoms with Gasteiger partial charge < -0.3 is 20.4 Å². The second kappa shape index (κ2) is 8.15. The predicted molar refractivity (Wildman–Crippen MR) is 78.3 cm³/mol. The van der Waals surface area contributed by atoms with Crippen LogP contribution in [0.1, 0.15) is 39.0 Å². The molecule has 0 aromatic heterocycles. The van der Waals surface area contributed by atoms with Gasteiger partial charge in [-0.3, -0.25) is 0 Å². The Labute approximate surface area is 124 Å². The van der Waals surface area contributed by atoms with Crippen molar-refractivity contribution in [3.63, 3.8) is 0 Å². The highest BCUT2D eigenvalue weighted by molar-refractivity contribution is 5.76. The fourth-order valence-corrected chi connectivity index (χ4v) is 2.54. The molecule has 1 aliphatic rings. The van der Waals surface area contributed by atoms with Gasteiger partial charge in [0, 0.05) is 0 Å². The van der Waals surface area contributed by atoms with Crippen LogP contribution in [0.25, 0.3) is 0 Å². The molecule has 0 aromatic carbocycles. The molecule has 5 nitrogen and oxygen atoms in total. The molecule has 0 radical (unpaired) electrons. The van der Waals surface area contributed by atoms with Gasteiger partial charge >= 0.3 is 5.97 Å². The van der Waals surface area contributed by atoms with Gasteiger partial charge in [-0.15, -0.1) is 5.73 Å². The third-order valence-corrected chi connectivity index (χ3v) is 3.86. The van der Waals surface area contributed by atoms with Crippen molar-refractivity contribution in [2.75, 3.05) is 0 Å². The topological polar surface area (TPSA) is 98.0 Å². The smallest absolute Gasteiger partial charge is 0.367 e. The maximum absolute atomic E-state index is 10.5. The summed E-state index contributed by atoms with van der Waals surface area (Å²) < 4.78 is 0. The molecule has 0 heterocycles. The second-order valence-electron chi connectivity index (χ2n) is 5.44. The van der Waals surface area contributed by atoms with Crippen molar-refractivity contribution in [3.05, 3.63) is 30.0 Å². The van der Waals surface area contributed by atoms with E-state index in [1.165, 1.54) is 12.8 Å². The van der Waals surface area contributed by atoms with Gasteiger partial charge in [0.1, 0.15) is 6.10 Å². The van der Waals surface area contributed by atoms with E-state index in [1.807, 2.05) is 0 Å². The molecule has 1 unspecified atom stereocenters. The number of carboxylic acid groups (broad SMARTS) is 1. The summed E-state index contributed by atoms with van der Waals surface area (Å²) in [5.74, 6) is -3.99. The number of hydrogen-bond acceptors (Lipinski definition) is 4. The summed E-state index contributed by atoms with van der Waals surface area (Å²) in [7, 11) is 0. The molecular weight excluding hydrogens is 272 g/mol. The van der Waals surface area contributed by atoms with Crippen LogP contribution in [-0.2, 0) is 4.79 Å². The monoisotopic (exact) mass is 296 g/mol. The molecule has 1 aliphatic carbocycles. The lowest BCUT2D eigenvalue weighted by Gasteiger charge is -2.19. The molecule has 1 rings (SSSR count). The minimum absolute atomic E-state index is 0.526. The van der Waals surface area contributed by atoms with Crippen LogP contribution in [0.4, 0.5) is 0 Å². The van der Waals surface area contributed by atoms with E-state index in [2.05, 4.69) is 24.8 Å². The zero-order chi connectivity index (χ0) is 15.9. The predicted octanol–water partition coefficient (Wildman–Crippen LogP) is 1.60. The number of hydrogen-bond donors (Lipinski definition) is 4. The highest BCUT2D eigenvalue weighted by Crippen LogP contribution is 2.35. The van der Waals surface area contributed by atoms with Crippen LogP contribution < -0.4 is 0 Å². The first kappa shape index (κ1) is 17.7. The molecule has 5 heteroatoms. The summed E-state index contributed by atoms with van der Waals surface area (Å²) >= 11 is 0. The van der Waals surface area contributed by atoms with Crippen molar-refractivity contribution in [3.8, 4) is 0 Å². The molecule has 1 fully saturated rings. The zero-order valence-electron chi connectivity index (χ0n) is 12.3. The van der Waals surface area contributed by atoms with Gasteiger partial charge in [0.05, 0.1) is 0 Å². The Bertz CT molecular complexity index is 432. The van der Waals surface area contributed by atoms with Crippen LogP contribution in [0.2, 0.25) is 0 Å². The average molecular weight is 296 g/mol. The molecule has 0 aliphatic heterocycles. The Morgan fingerprint density at radius 2 is 2.14 bits per heavy atom. The van der Waals surface area contributed by atoms with E-state index in [1.54, 1.807) is 6.08 Å². The lowest BCUT2D eigenvalue weighted by Crippen LogP contribution is -2.48. The van der Waals surface area contributed by atoms with Gasteiger partial charge in [-0.1, -0.05) is 25.5 Å². The van der Waals surface area contributed by atoms with Gasteiger partial charge in [0.15, 0.2) is 0 Å². The molecule has 118 valence electrons. The molecule has 21 heavy (non-hydrogen) atoms. The van der Waals surface area contributed by atoms with Crippen LogP contribution in [-0.4, -0.2) is 38.3 Å². The van der Waals surface area contributed by atoms with Crippen molar-refractivity contribution >= 4 is 5.97 Å². The van der Waals surface area contributed by atoms with Gasteiger partial charge in [-0.2, -0.15) is 0 Å². The standard InChI is InChI=1S/C16H24O5/c1-2-3-7-12-9-6-10-13(12)8-4-5-11-14(17)16(20,21)15(18)19/h3-4,7,11-14,17,20-21H,2,6,8-10H2,1H3,(H,18,19)/t5?,12-,13-,14?/m0/s1. The summed E-state index contributed by atoms with van der Waals surface area (Å²) in [5, 5.41) is 36.2. The van der Waals surface area contributed by atoms with Crippen molar-refractivity contribution in [1.29, 1.82) is 0 Å². The van der Waals surface area contributed by atoms with Crippen LogP contribution in [0, 0.1) is 11.8 Å². The molecule has 3 atom stereocenters. The molecule has 0 saturated heterocycles. The Balaban J connectivity index is 2.55. The quantitative estimate of drug-likeness (QED) is 0.325. The number of aliphatic hydroxyl groups excluding tert-OH is 1. The van der Waals surface area contributed by atoms with E-state index in [-0.39, 0.29) is 0 Å². The Morgan fingerprint density at radius 1 is 1.43 bits per heavy atom. The number of rotatable bonds is 7. The van der Waals surface area contributed by atoms with Crippen LogP contribution >= 0.6 is 0 Å². The minimum Gasteiger partial charge on any atom is -0.477 e. The fraction of sp³-hybridized carbons (Fsp3) is 0.625. The number of aliphatic carboxylic acids is 1. The summed E-state index contributed by atoms with van der Waals surface area (Å²) in [6.45, 7) is 2.10. The van der Waals surface area contributed by atoms with E-state index < -0.39 is 17.9 Å². The van der Waals surface area contributed by atoms with E-state index in [0.29, 0.717) is 11.8 Å². The van der Waals surface area contributed by atoms with Crippen molar-refractivity contribution in [1.82, 2.24) is 0 Å². The van der Waals surface area contributed by atoms with E-state index >= 15 is 0 Å². The van der Waals surface area contributed by atoms with E-state index in [4.69, 9.17) is 15.3 Å². The Morgan fingerprint density at radius 3 is 2.76 bits per heavy atom. The highest BCUT2D eigenvalue weighted by Gasteiger charge is 2.40. The van der Waals surface area contributed by atoms with Crippen molar-refractivity contribution in [2.45, 2.75) is 50.9 Å². The maximum atomic E-state index is 10.5. The largest absolute Gasteiger partial charge is 0.477 e. The molecule has 1 saturated carbocycles. The summed E-state index contributed by atoms with van der Waals surface area (Å²) in [6, 6.07) is 0. The SMILES string of the molecule is CCC=C[C@H]1CCC[C@@H]1CC=C=CC(O)C(O)(O)C(=O)O. The minimum atomic E-state index is -3.18. The molecule has 0 aromatic rings. The second-order valence-corrected chi connectivity index (χ2v) is 5.44. The van der Waals surface area contributed by atoms with E-state index in [9.17, 15) is 9.90 Å². The van der Waals surface area contributed by atoms with Crippen LogP contribution in [0.5, 0.6) is 0 Å². The van der Waals surface area contributed by atoms with Gasteiger partial charge in [-0.05, 0) is 49.7 Å². The zero-order valence-corrected chi connectivity index (χ0v) is 12.3. The number of carbonyl (C=O) groups is 1. The van der Waals surface area contributed by atoms with Crippen molar-refractivity contribution in [2.24, 2.45) is 11.8 Å². The molecule has 4 N–H and O–H groups in total. The molecule has 0 amide bonds. The normalized spacial score (nSPS) is 23.8. The lowest BCUT2D eigenvalue weighted by molar-refractivity contribution is -0.227. The molecular formula is C16H24O5. The maximum Gasteiger partial charge on any atom is 0.367 e. The van der Waals surface area contributed by atoms with Crippen LogP contribution in [0.3, 0.4) is 0 Å². The fourth-order valence-electron chi connectivity index (χ4n) is 2.54. The lowest BCUT2D eigenvalue weighted by atomic mass is 9.92. The third kappa shape index (κ3) is 5.14.